The first-order chi connectivity index (χ1) is 10.2. The predicted octanol–water partition coefficient (Wildman–Crippen LogP) is 1.96. The fourth-order valence-electron chi connectivity index (χ4n) is 2.84. The fraction of sp³-hybridized carbons (Fsp3) is 0.706. The first-order valence-corrected chi connectivity index (χ1v) is 8.27. The van der Waals surface area contributed by atoms with Gasteiger partial charge in [0, 0.05) is 45.8 Å². The molecule has 1 aliphatic rings. The molecule has 4 heteroatoms. The predicted molar refractivity (Wildman–Crippen MR) is 88.2 cm³/mol. The van der Waals surface area contributed by atoms with E-state index in [0.29, 0.717) is 0 Å². The maximum atomic E-state index is 4.75. The molecular weight excluding hydrogens is 260 g/mol. The van der Waals surface area contributed by atoms with Gasteiger partial charge in [-0.05, 0) is 24.6 Å². The second-order valence-electron chi connectivity index (χ2n) is 6.37. The molecule has 0 saturated carbocycles. The summed E-state index contributed by atoms with van der Waals surface area (Å²) in [6.45, 7) is 15.5. The molecule has 1 aromatic rings. The van der Waals surface area contributed by atoms with Crippen LogP contribution in [0.5, 0.6) is 0 Å². The third kappa shape index (κ3) is 5.73. The minimum Gasteiger partial charge on any atom is -0.311 e. The van der Waals surface area contributed by atoms with Crippen LogP contribution in [0.2, 0.25) is 0 Å². The largest absolute Gasteiger partial charge is 0.311 e. The summed E-state index contributed by atoms with van der Waals surface area (Å²) in [5.41, 5.74) is 2.34. The highest BCUT2D eigenvalue weighted by molar-refractivity contribution is 5.11. The van der Waals surface area contributed by atoms with Gasteiger partial charge in [0.15, 0.2) is 0 Å². The zero-order chi connectivity index (χ0) is 15.1. The highest BCUT2D eigenvalue weighted by Gasteiger charge is 2.17. The third-order valence-electron chi connectivity index (χ3n) is 3.89. The van der Waals surface area contributed by atoms with Crippen molar-refractivity contribution in [1.82, 2.24) is 20.1 Å². The molecule has 1 fully saturated rings. The van der Waals surface area contributed by atoms with Crippen LogP contribution >= 0.6 is 0 Å². The lowest BCUT2D eigenvalue weighted by atomic mass is 10.2. The summed E-state index contributed by atoms with van der Waals surface area (Å²) in [6, 6.07) is 6.38. The van der Waals surface area contributed by atoms with Crippen molar-refractivity contribution in [3.8, 4) is 0 Å². The molecule has 0 aliphatic carbocycles. The molecule has 1 aliphatic heterocycles. The van der Waals surface area contributed by atoms with Gasteiger partial charge in [-0.1, -0.05) is 26.8 Å². The van der Waals surface area contributed by atoms with Crippen LogP contribution in [-0.2, 0) is 13.1 Å². The van der Waals surface area contributed by atoms with Crippen molar-refractivity contribution in [2.24, 2.45) is 5.92 Å². The number of nitrogens with one attached hydrogen (secondary N) is 1. The number of hydrogen-bond acceptors (Lipinski definition) is 4. The Hall–Kier alpha value is -0.970. The first kappa shape index (κ1) is 16.4. The van der Waals surface area contributed by atoms with Gasteiger partial charge in [0.2, 0.25) is 0 Å². The quantitative estimate of drug-likeness (QED) is 0.832. The Morgan fingerprint density at radius 2 is 1.76 bits per heavy atom. The van der Waals surface area contributed by atoms with Crippen molar-refractivity contribution < 1.29 is 0 Å². The fourth-order valence-corrected chi connectivity index (χ4v) is 2.84. The van der Waals surface area contributed by atoms with Gasteiger partial charge in [-0.15, -0.1) is 0 Å². The number of hydrogen-bond donors (Lipinski definition) is 1. The SMILES string of the molecule is CCNCc1cccc(CN2CCN(CC(C)C)CC2)n1. The molecule has 0 amide bonds. The van der Waals surface area contributed by atoms with E-state index >= 15 is 0 Å². The van der Waals surface area contributed by atoms with Gasteiger partial charge in [0.1, 0.15) is 0 Å². The van der Waals surface area contributed by atoms with Crippen LogP contribution in [0.15, 0.2) is 18.2 Å². The van der Waals surface area contributed by atoms with Gasteiger partial charge in [-0.2, -0.15) is 0 Å². The lowest BCUT2D eigenvalue weighted by Crippen LogP contribution is -2.47. The van der Waals surface area contributed by atoms with Crippen molar-refractivity contribution in [1.29, 1.82) is 0 Å². The van der Waals surface area contributed by atoms with Crippen LogP contribution in [0.3, 0.4) is 0 Å². The van der Waals surface area contributed by atoms with Crippen molar-refractivity contribution in [3.63, 3.8) is 0 Å². The Bertz CT molecular complexity index is 411. The molecule has 1 saturated heterocycles. The average Bonchev–Trinajstić information content (AvgIpc) is 2.47. The molecule has 0 atom stereocenters. The maximum Gasteiger partial charge on any atom is 0.0547 e. The second kappa shape index (κ2) is 8.47. The molecule has 1 N–H and O–H groups in total. The maximum absolute atomic E-state index is 4.75. The Morgan fingerprint density at radius 3 is 2.43 bits per heavy atom. The number of nitrogens with zero attached hydrogens (tertiary/aromatic N) is 3. The Balaban J connectivity index is 1.80. The topological polar surface area (TPSA) is 31.4 Å². The number of rotatable bonds is 7. The molecule has 118 valence electrons. The molecule has 0 unspecified atom stereocenters. The van der Waals surface area contributed by atoms with Crippen molar-refractivity contribution in [3.05, 3.63) is 29.6 Å². The van der Waals surface area contributed by atoms with Gasteiger partial charge in [0.25, 0.3) is 0 Å². The zero-order valence-corrected chi connectivity index (χ0v) is 13.8. The molecular formula is C17H30N4. The summed E-state index contributed by atoms with van der Waals surface area (Å²) in [6.07, 6.45) is 0. The second-order valence-corrected chi connectivity index (χ2v) is 6.37. The van der Waals surface area contributed by atoms with E-state index in [1.54, 1.807) is 0 Å². The molecule has 2 rings (SSSR count). The Kier molecular flexibility index (Phi) is 6.61. The summed E-state index contributed by atoms with van der Waals surface area (Å²) in [5.74, 6) is 0.765. The van der Waals surface area contributed by atoms with Crippen LogP contribution in [0.1, 0.15) is 32.2 Å². The average molecular weight is 290 g/mol. The molecule has 4 nitrogen and oxygen atoms in total. The molecule has 2 heterocycles. The standard InChI is InChI=1S/C17H30N4/c1-4-18-12-16-6-5-7-17(19-16)14-21-10-8-20(9-11-21)13-15(2)3/h5-7,15,18H,4,8-14H2,1-3H3. The third-order valence-corrected chi connectivity index (χ3v) is 3.89. The van der Waals surface area contributed by atoms with E-state index in [1.165, 1.54) is 25.3 Å². The van der Waals surface area contributed by atoms with Crippen LogP contribution in [0, 0.1) is 5.92 Å². The van der Waals surface area contributed by atoms with E-state index in [4.69, 9.17) is 4.98 Å². The number of pyridine rings is 1. The van der Waals surface area contributed by atoms with E-state index in [9.17, 15) is 0 Å². The summed E-state index contributed by atoms with van der Waals surface area (Å²) in [5, 5.41) is 3.34. The lowest BCUT2D eigenvalue weighted by Gasteiger charge is -2.35. The van der Waals surface area contributed by atoms with Crippen molar-refractivity contribution in [2.75, 3.05) is 39.3 Å². The van der Waals surface area contributed by atoms with Gasteiger partial charge >= 0.3 is 0 Å². The Labute approximate surface area is 129 Å². The van der Waals surface area contributed by atoms with Gasteiger partial charge < -0.3 is 10.2 Å². The van der Waals surface area contributed by atoms with Crippen LogP contribution in [-0.4, -0.2) is 54.1 Å². The monoisotopic (exact) mass is 290 g/mol. The molecule has 1 aromatic heterocycles. The summed E-state index contributed by atoms with van der Waals surface area (Å²) < 4.78 is 0. The highest BCUT2D eigenvalue weighted by atomic mass is 15.3. The molecule has 21 heavy (non-hydrogen) atoms. The lowest BCUT2D eigenvalue weighted by molar-refractivity contribution is 0.116. The van der Waals surface area contributed by atoms with Gasteiger partial charge in [0.05, 0.1) is 11.4 Å². The van der Waals surface area contributed by atoms with E-state index in [-0.39, 0.29) is 0 Å². The summed E-state index contributed by atoms with van der Waals surface area (Å²) in [7, 11) is 0. The highest BCUT2D eigenvalue weighted by Crippen LogP contribution is 2.09. The first-order valence-electron chi connectivity index (χ1n) is 8.27. The molecule has 0 bridgehead atoms. The van der Waals surface area contributed by atoms with E-state index in [1.807, 2.05) is 0 Å². The van der Waals surface area contributed by atoms with Crippen LogP contribution in [0.4, 0.5) is 0 Å². The number of piperazine rings is 1. The summed E-state index contributed by atoms with van der Waals surface area (Å²) >= 11 is 0. The van der Waals surface area contributed by atoms with Crippen molar-refractivity contribution >= 4 is 0 Å². The minimum atomic E-state index is 0.765. The van der Waals surface area contributed by atoms with E-state index in [2.05, 4.69) is 54.1 Å². The van der Waals surface area contributed by atoms with Gasteiger partial charge in [-0.3, -0.25) is 9.88 Å². The van der Waals surface area contributed by atoms with E-state index < -0.39 is 0 Å². The van der Waals surface area contributed by atoms with Crippen LogP contribution < -0.4 is 5.32 Å². The normalized spacial score (nSPS) is 17.5. The molecule has 0 radical (unpaired) electrons. The molecule has 0 aromatic carbocycles. The smallest absolute Gasteiger partial charge is 0.0547 e. The van der Waals surface area contributed by atoms with Crippen LogP contribution in [0.25, 0.3) is 0 Å². The van der Waals surface area contributed by atoms with Gasteiger partial charge in [-0.25, -0.2) is 0 Å². The number of aromatic nitrogens is 1. The van der Waals surface area contributed by atoms with Crippen molar-refractivity contribution in [2.45, 2.75) is 33.9 Å². The van der Waals surface area contributed by atoms with E-state index in [0.717, 1.165) is 44.3 Å². The minimum absolute atomic E-state index is 0.765. The summed E-state index contributed by atoms with van der Waals surface area (Å²) in [4.78, 5) is 9.86. The Morgan fingerprint density at radius 1 is 1.10 bits per heavy atom. The molecule has 0 spiro atoms. The zero-order valence-electron chi connectivity index (χ0n) is 13.8.